The molecule has 4 nitrogen and oxygen atoms in total. The van der Waals surface area contributed by atoms with Crippen LogP contribution < -0.4 is 0 Å². The summed E-state index contributed by atoms with van der Waals surface area (Å²) in [5.74, 6) is -0.396. The van der Waals surface area contributed by atoms with Crippen LogP contribution in [0.15, 0.2) is 53.7 Å². The molecule has 3 rings (SSSR count). The number of halogens is 2. The second-order valence-corrected chi connectivity index (χ2v) is 7.41. The lowest BCUT2D eigenvalue weighted by Gasteiger charge is -2.26. The third-order valence-electron chi connectivity index (χ3n) is 4.43. The molecule has 1 unspecified atom stereocenters. The summed E-state index contributed by atoms with van der Waals surface area (Å²) in [6.45, 7) is 4.57. The third kappa shape index (κ3) is 5.07. The number of nitrogens with zero attached hydrogens (tertiary/aromatic N) is 2. The largest absolute Gasteiger partial charge is 0.390 e. The Morgan fingerprint density at radius 3 is 2.52 bits per heavy atom. The highest BCUT2D eigenvalue weighted by atomic mass is 35.5. The van der Waals surface area contributed by atoms with Crippen LogP contribution in [-0.4, -0.2) is 29.2 Å². The van der Waals surface area contributed by atoms with E-state index in [0.29, 0.717) is 24.5 Å². The SMILES string of the molecule is CC(C)C(=O)N(Cc1ccc(F)cc1)CC1CC(c2ccc(Cl)cc2)=NO1. The van der Waals surface area contributed by atoms with Crippen molar-refractivity contribution in [2.24, 2.45) is 11.1 Å². The Balaban J connectivity index is 1.66. The molecule has 0 aromatic heterocycles. The minimum atomic E-state index is -0.291. The molecule has 2 aromatic carbocycles. The topological polar surface area (TPSA) is 41.9 Å². The highest BCUT2D eigenvalue weighted by molar-refractivity contribution is 6.30. The number of carbonyl (C=O) groups is 1. The average Bonchev–Trinajstić information content (AvgIpc) is 3.11. The van der Waals surface area contributed by atoms with Gasteiger partial charge in [0.05, 0.1) is 12.3 Å². The third-order valence-corrected chi connectivity index (χ3v) is 4.68. The van der Waals surface area contributed by atoms with E-state index >= 15 is 0 Å². The Morgan fingerprint density at radius 2 is 1.89 bits per heavy atom. The first-order valence-electron chi connectivity index (χ1n) is 8.94. The quantitative estimate of drug-likeness (QED) is 0.722. The zero-order chi connectivity index (χ0) is 19.4. The predicted molar refractivity (Wildman–Crippen MR) is 104 cm³/mol. The normalized spacial score (nSPS) is 16.2. The van der Waals surface area contributed by atoms with Crippen molar-refractivity contribution in [1.82, 2.24) is 4.90 Å². The van der Waals surface area contributed by atoms with Crippen molar-refractivity contribution in [1.29, 1.82) is 0 Å². The maximum atomic E-state index is 13.1. The van der Waals surface area contributed by atoms with Gasteiger partial charge < -0.3 is 9.74 Å². The molecule has 1 aliphatic rings. The molecule has 2 aromatic rings. The van der Waals surface area contributed by atoms with E-state index in [1.807, 2.05) is 38.1 Å². The molecule has 6 heteroatoms. The summed E-state index contributed by atoms with van der Waals surface area (Å²) in [5.41, 5.74) is 2.68. The number of hydrogen-bond acceptors (Lipinski definition) is 3. The van der Waals surface area contributed by atoms with Crippen molar-refractivity contribution < 1.29 is 14.0 Å². The summed E-state index contributed by atoms with van der Waals surface area (Å²) in [6, 6.07) is 13.6. The lowest BCUT2D eigenvalue weighted by atomic mass is 10.0. The van der Waals surface area contributed by atoms with Gasteiger partial charge >= 0.3 is 0 Å². The summed E-state index contributed by atoms with van der Waals surface area (Å²) in [7, 11) is 0. The van der Waals surface area contributed by atoms with Gasteiger partial charge in [0.2, 0.25) is 5.91 Å². The van der Waals surface area contributed by atoms with Gasteiger partial charge in [-0.15, -0.1) is 0 Å². The Labute approximate surface area is 163 Å². The van der Waals surface area contributed by atoms with E-state index in [-0.39, 0.29) is 23.7 Å². The summed E-state index contributed by atoms with van der Waals surface area (Å²) in [4.78, 5) is 20.0. The van der Waals surface area contributed by atoms with Crippen LogP contribution in [-0.2, 0) is 16.2 Å². The molecule has 1 heterocycles. The average molecular weight is 389 g/mol. The Morgan fingerprint density at radius 1 is 1.22 bits per heavy atom. The number of hydrogen-bond donors (Lipinski definition) is 0. The lowest BCUT2D eigenvalue weighted by Crippen LogP contribution is -2.39. The van der Waals surface area contributed by atoms with Crippen LogP contribution in [0.2, 0.25) is 5.02 Å². The van der Waals surface area contributed by atoms with Gasteiger partial charge in [0.15, 0.2) is 6.10 Å². The Bertz CT molecular complexity index is 819. The van der Waals surface area contributed by atoms with Gasteiger partial charge in [-0.25, -0.2) is 4.39 Å². The fourth-order valence-corrected chi connectivity index (χ4v) is 3.12. The fraction of sp³-hybridized carbons (Fsp3) is 0.333. The highest BCUT2D eigenvalue weighted by Crippen LogP contribution is 2.21. The molecule has 0 spiro atoms. The highest BCUT2D eigenvalue weighted by Gasteiger charge is 2.27. The van der Waals surface area contributed by atoms with Crippen LogP contribution in [0.4, 0.5) is 4.39 Å². The molecule has 142 valence electrons. The molecule has 0 saturated heterocycles. The van der Waals surface area contributed by atoms with Crippen molar-refractivity contribution in [3.8, 4) is 0 Å². The Hall–Kier alpha value is -2.40. The summed E-state index contributed by atoms with van der Waals surface area (Å²) in [6.07, 6.45) is 0.409. The van der Waals surface area contributed by atoms with Crippen LogP contribution in [0.5, 0.6) is 0 Å². The van der Waals surface area contributed by atoms with Gasteiger partial charge in [0.1, 0.15) is 5.82 Å². The number of oxime groups is 1. The molecule has 0 fully saturated rings. The molecule has 1 amide bonds. The molecule has 0 saturated carbocycles. The van der Waals surface area contributed by atoms with E-state index in [9.17, 15) is 9.18 Å². The number of benzene rings is 2. The Kier molecular flexibility index (Phi) is 6.11. The van der Waals surface area contributed by atoms with Crippen molar-refractivity contribution in [2.45, 2.75) is 32.9 Å². The van der Waals surface area contributed by atoms with Crippen LogP contribution >= 0.6 is 11.6 Å². The van der Waals surface area contributed by atoms with E-state index in [1.54, 1.807) is 17.0 Å². The summed E-state index contributed by atoms with van der Waals surface area (Å²) >= 11 is 5.93. The van der Waals surface area contributed by atoms with Gasteiger partial charge in [-0.1, -0.05) is 54.9 Å². The zero-order valence-electron chi connectivity index (χ0n) is 15.4. The zero-order valence-corrected chi connectivity index (χ0v) is 16.1. The van der Waals surface area contributed by atoms with E-state index in [4.69, 9.17) is 16.4 Å². The first-order valence-corrected chi connectivity index (χ1v) is 9.32. The van der Waals surface area contributed by atoms with Crippen LogP contribution in [0.1, 0.15) is 31.4 Å². The number of rotatable bonds is 6. The van der Waals surface area contributed by atoms with E-state index < -0.39 is 0 Å². The molecule has 1 aliphatic heterocycles. The van der Waals surface area contributed by atoms with Gasteiger partial charge in [-0.2, -0.15) is 0 Å². The molecule has 27 heavy (non-hydrogen) atoms. The smallest absolute Gasteiger partial charge is 0.225 e. The van der Waals surface area contributed by atoms with E-state index in [0.717, 1.165) is 16.8 Å². The van der Waals surface area contributed by atoms with Crippen molar-refractivity contribution >= 4 is 23.2 Å². The van der Waals surface area contributed by atoms with Crippen LogP contribution in [0.3, 0.4) is 0 Å². The predicted octanol–water partition coefficient (Wildman–Crippen LogP) is 4.66. The van der Waals surface area contributed by atoms with E-state index in [1.165, 1.54) is 12.1 Å². The number of amides is 1. The molecular formula is C21H22ClFN2O2. The van der Waals surface area contributed by atoms with Crippen LogP contribution in [0, 0.1) is 11.7 Å². The maximum Gasteiger partial charge on any atom is 0.225 e. The molecule has 0 radical (unpaired) electrons. The second-order valence-electron chi connectivity index (χ2n) is 6.98. The first-order chi connectivity index (χ1) is 12.9. The lowest BCUT2D eigenvalue weighted by molar-refractivity contribution is -0.136. The van der Waals surface area contributed by atoms with Crippen molar-refractivity contribution in [3.63, 3.8) is 0 Å². The fourth-order valence-electron chi connectivity index (χ4n) is 2.99. The number of carbonyl (C=O) groups excluding carboxylic acids is 1. The van der Waals surface area contributed by atoms with E-state index in [2.05, 4.69) is 5.16 Å². The van der Waals surface area contributed by atoms with Crippen LogP contribution in [0.25, 0.3) is 0 Å². The summed E-state index contributed by atoms with van der Waals surface area (Å²) < 4.78 is 13.1. The van der Waals surface area contributed by atoms with Gasteiger partial charge in [0.25, 0.3) is 0 Å². The molecular weight excluding hydrogens is 367 g/mol. The second kappa shape index (κ2) is 8.53. The van der Waals surface area contributed by atoms with Crippen molar-refractivity contribution in [3.05, 3.63) is 70.5 Å². The van der Waals surface area contributed by atoms with Gasteiger partial charge in [0, 0.05) is 23.9 Å². The molecule has 1 atom stereocenters. The molecule has 0 bridgehead atoms. The molecule has 0 aliphatic carbocycles. The monoisotopic (exact) mass is 388 g/mol. The minimum absolute atomic E-state index is 0.0304. The van der Waals surface area contributed by atoms with Gasteiger partial charge in [-0.05, 0) is 35.4 Å². The summed E-state index contributed by atoms with van der Waals surface area (Å²) in [5, 5.41) is 4.85. The standard InChI is InChI=1S/C21H22ClFN2O2/c1-14(2)21(26)25(12-15-3-9-18(23)10-4-15)13-19-11-20(24-27-19)16-5-7-17(22)8-6-16/h3-10,14,19H,11-13H2,1-2H3. The minimum Gasteiger partial charge on any atom is -0.390 e. The maximum absolute atomic E-state index is 13.1. The molecule has 0 N–H and O–H groups in total. The first kappa shape index (κ1) is 19.4. The van der Waals surface area contributed by atoms with Gasteiger partial charge in [-0.3, -0.25) is 4.79 Å². The van der Waals surface area contributed by atoms with Crippen molar-refractivity contribution in [2.75, 3.05) is 6.54 Å².